The molecule has 0 N–H and O–H groups in total. The number of halogens is 1. The van der Waals surface area contributed by atoms with Crippen molar-refractivity contribution in [2.24, 2.45) is 0 Å². The highest BCUT2D eigenvalue weighted by atomic mass is 35.7. The van der Waals surface area contributed by atoms with Crippen LogP contribution in [0, 0.1) is 6.92 Å². The molecule has 16 heavy (non-hydrogen) atoms. The SMILES string of the molecule is Cc1nc(-c2ccccc2S(=O)(=O)Cl)no1. The van der Waals surface area contributed by atoms with E-state index < -0.39 is 9.05 Å². The molecule has 0 saturated carbocycles. The first-order valence-electron chi connectivity index (χ1n) is 4.33. The van der Waals surface area contributed by atoms with Gasteiger partial charge in [0.15, 0.2) is 0 Å². The Hall–Kier alpha value is -1.40. The molecule has 1 aromatic heterocycles. The maximum absolute atomic E-state index is 11.3. The van der Waals surface area contributed by atoms with Crippen LogP contribution in [-0.2, 0) is 9.05 Å². The van der Waals surface area contributed by atoms with Crippen molar-refractivity contribution >= 4 is 19.7 Å². The van der Waals surface area contributed by atoms with Gasteiger partial charge in [0.1, 0.15) is 0 Å². The first-order chi connectivity index (χ1) is 7.48. The lowest BCUT2D eigenvalue weighted by Gasteiger charge is -2.00. The molecule has 2 aromatic rings. The molecule has 0 atom stereocenters. The smallest absolute Gasteiger partial charge is 0.262 e. The molecule has 0 spiro atoms. The zero-order valence-corrected chi connectivity index (χ0v) is 9.79. The first-order valence-corrected chi connectivity index (χ1v) is 6.64. The molecule has 0 amide bonds. The number of hydrogen-bond donors (Lipinski definition) is 0. The van der Waals surface area contributed by atoms with Crippen molar-refractivity contribution in [3.63, 3.8) is 0 Å². The predicted octanol–water partition coefficient (Wildman–Crippen LogP) is 1.97. The van der Waals surface area contributed by atoms with Crippen LogP contribution in [0.15, 0.2) is 33.7 Å². The fourth-order valence-corrected chi connectivity index (χ4v) is 2.34. The zero-order valence-electron chi connectivity index (χ0n) is 8.21. The zero-order chi connectivity index (χ0) is 11.8. The van der Waals surface area contributed by atoms with E-state index in [1.165, 1.54) is 6.07 Å². The quantitative estimate of drug-likeness (QED) is 0.770. The van der Waals surface area contributed by atoms with Crippen molar-refractivity contribution in [1.29, 1.82) is 0 Å². The Morgan fingerprint density at radius 3 is 2.56 bits per heavy atom. The van der Waals surface area contributed by atoms with Gasteiger partial charge in [-0.3, -0.25) is 0 Å². The number of aryl methyl sites for hydroxylation is 1. The molecule has 0 radical (unpaired) electrons. The minimum Gasteiger partial charge on any atom is -0.339 e. The van der Waals surface area contributed by atoms with Crippen LogP contribution in [0.4, 0.5) is 0 Å². The average molecular weight is 259 g/mol. The molecule has 2 rings (SSSR count). The first kappa shape index (κ1) is 11.1. The predicted molar refractivity (Wildman–Crippen MR) is 57.5 cm³/mol. The topological polar surface area (TPSA) is 73.1 Å². The lowest BCUT2D eigenvalue weighted by molar-refractivity contribution is 0.394. The van der Waals surface area contributed by atoms with Crippen molar-refractivity contribution in [2.45, 2.75) is 11.8 Å². The molecular formula is C9H7ClN2O3S. The van der Waals surface area contributed by atoms with Crippen LogP contribution in [0.1, 0.15) is 5.89 Å². The fourth-order valence-electron chi connectivity index (χ4n) is 1.27. The van der Waals surface area contributed by atoms with E-state index in [-0.39, 0.29) is 10.7 Å². The summed E-state index contributed by atoms with van der Waals surface area (Å²) in [6, 6.07) is 6.21. The second kappa shape index (κ2) is 3.88. The lowest BCUT2D eigenvalue weighted by atomic mass is 10.2. The van der Waals surface area contributed by atoms with Gasteiger partial charge in [0.25, 0.3) is 9.05 Å². The van der Waals surface area contributed by atoms with Gasteiger partial charge in [0, 0.05) is 23.2 Å². The molecule has 0 unspecified atom stereocenters. The van der Waals surface area contributed by atoms with Crippen molar-refractivity contribution in [1.82, 2.24) is 10.1 Å². The molecular weight excluding hydrogens is 252 g/mol. The Morgan fingerprint density at radius 1 is 1.31 bits per heavy atom. The highest BCUT2D eigenvalue weighted by molar-refractivity contribution is 8.13. The summed E-state index contributed by atoms with van der Waals surface area (Å²) in [5.41, 5.74) is 0.328. The van der Waals surface area contributed by atoms with Crippen LogP contribution in [0.5, 0.6) is 0 Å². The number of rotatable bonds is 2. The standard InChI is InChI=1S/C9H7ClN2O3S/c1-6-11-9(12-15-6)7-4-2-3-5-8(7)16(10,13)14/h2-5H,1H3. The van der Waals surface area contributed by atoms with Gasteiger partial charge >= 0.3 is 0 Å². The van der Waals surface area contributed by atoms with Crippen LogP contribution in [0.25, 0.3) is 11.4 Å². The molecule has 0 bridgehead atoms. The monoisotopic (exact) mass is 258 g/mol. The summed E-state index contributed by atoms with van der Waals surface area (Å²) in [5, 5.41) is 3.65. The summed E-state index contributed by atoms with van der Waals surface area (Å²) in [6.45, 7) is 1.62. The summed E-state index contributed by atoms with van der Waals surface area (Å²) < 4.78 is 27.4. The Balaban J connectivity index is 2.66. The molecule has 0 aliphatic rings. The third kappa shape index (κ3) is 2.07. The van der Waals surface area contributed by atoms with Gasteiger partial charge in [-0.15, -0.1) is 0 Å². The van der Waals surface area contributed by atoms with E-state index in [1.54, 1.807) is 25.1 Å². The molecule has 7 heteroatoms. The maximum atomic E-state index is 11.3. The Labute approximate surface area is 96.5 Å². The van der Waals surface area contributed by atoms with E-state index in [4.69, 9.17) is 15.2 Å². The molecule has 1 aromatic carbocycles. The highest BCUT2D eigenvalue weighted by Gasteiger charge is 2.19. The fraction of sp³-hybridized carbons (Fsp3) is 0.111. The minimum absolute atomic E-state index is 0.0301. The van der Waals surface area contributed by atoms with Gasteiger partial charge in [0.05, 0.1) is 4.90 Å². The van der Waals surface area contributed by atoms with Crippen LogP contribution in [0.2, 0.25) is 0 Å². The minimum atomic E-state index is -3.82. The van der Waals surface area contributed by atoms with E-state index in [0.717, 1.165) is 0 Å². The molecule has 0 saturated heterocycles. The summed E-state index contributed by atoms with van der Waals surface area (Å²) in [6.07, 6.45) is 0. The Kier molecular flexibility index (Phi) is 2.69. The van der Waals surface area contributed by atoms with E-state index in [1.807, 2.05) is 0 Å². The van der Waals surface area contributed by atoms with E-state index >= 15 is 0 Å². The second-order valence-corrected chi connectivity index (χ2v) is 5.61. The summed E-state index contributed by atoms with van der Waals surface area (Å²) in [7, 11) is 1.48. The van der Waals surface area contributed by atoms with Crippen LogP contribution in [-0.4, -0.2) is 18.6 Å². The van der Waals surface area contributed by atoms with Crippen molar-refractivity contribution < 1.29 is 12.9 Å². The van der Waals surface area contributed by atoms with Crippen molar-refractivity contribution in [3.05, 3.63) is 30.2 Å². The largest absolute Gasteiger partial charge is 0.339 e. The molecule has 0 aliphatic heterocycles. The Morgan fingerprint density at radius 2 is 2.00 bits per heavy atom. The normalized spacial score (nSPS) is 11.6. The number of nitrogens with zero attached hydrogens (tertiary/aromatic N) is 2. The molecule has 0 aliphatic carbocycles. The highest BCUT2D eigenvalue weighted by Crippen LogP contribution is 2.27. The summed E-state index contributed by atoms with van der Waals surface area (Å²) >= 11 is 0. The third-order valence-electron chi connectivity index (χ3n) is 1.92. The van der Waals surface area contributed by atoms with Crippen LogP contribution >= 0.6 is 10.7 Å². The van der Waals surface area contributed by atoms with Gasteiger partial charge in [0.2, 0.25) is 11.7 Å². The Bertz CT molecular complexity index is 621. The lowest BCUT2D eigenvalue weighted by Crippen LogP contribution is -1.95. The van der Waals surface area contributed by atoms with Gasteiger partial charge in [-0.05, 0) is 12.1 Å². The van der Waals surface area contributed by atoms with E-state index in [0.29, 0.717) is 11.5 Å². The number of hydrogen-bond acceptors (Lipinski definition) is 5. The third-order valence-corrected chi connectivity index (χ3v) is 3.30. The summed E-state index contributed by atoms with van der Waals surface area (Å²) in [4.78, 5) is 3.92. The molecule has 0 fully saturated rings. The van der Waals surface area contributed by atoms with Gasteiger partial charge in [-0.1, -0.05) is 17.3 Å². The number of aromatic nitrogens is 2. The van der Waals surface area contributed by atoms with Crippen LogP contribution < -0.4 is 0 Å². The van der Waals surface area contributed by atoms with Gasteiger partial charge in [-0.2, -0.15) is 4.98 Å². The average Bonchev–Trinajstić information content (AvgIpc) is 2.64. The van der Waals surface area contributed by atoms with Crippen molar-refractivity contribution in [2.75, 3.05) is 0 Å². The maximum Gasteiger partial charge on any atom is 0.262 e. The molecule has 1 heterocycles. The molecule has 84 valence electrons. The van der Waals surface area contributed by atoms with Gasteiger partial charge < -0.3 is 4.52 Å². The van der Waals surface area contributed by atoms with Gasteiger partial charge in [-0.25, -0.2) is 8.42 Å². The summed E-state index contributed by atoms with van der Waals surface area (Å²) in [5.74, 6) is 0.564. The van der Waals surface area contributed by atoms with E-state index in [9.17, 15) is 8.42 Å². The molecule has 5 nitrogen and oxygen atoms in total. The number of benzene rings is 1. The van der Waals surface area contributed by atoms with E-state index in [2.05, 4.69) is 10.1 Å². The van der Waals surface area contributed by atoms with Crippen LogP contribution in [0.3, 0.4) is 0 Å². The van der Waals surface area contributed by atoms with Crippen molar-refractivity contribution in [3.8, 4) is 11.4 Å². The second-order valence-electron chi connectivity index (χ2n) is 3.07.